The number of carboxylic acids is 1. The second-order valence-corrected chi connectivity index (χ2v) is 4.56. The molecule has 2 aromatic rings. The van der Waals surface area contributed by atoms with Gasteiger partial charge in [0.1, 0.15) is 0 Å². The van der Waals surface area contributed by atoms with E-state index in [-0.39, 0.29) is 34.0 Å². The normalized spacial score (nSPS) is 10.5. The Hall–Kier alpha value is -3.62. The summed E-state index contributed by atoms with van der Waals surface area (Å²) in [7, 11) is 1.26. The minimum Gasteiger partial charge on any atom is -0.504 e. The highest BCUT2D eigenvalue weighted by molar-refractivity contribution is 5.94. The number of aromatic carboxylic acids is 1. The first-order valence-corrected chi connectivity index (χ1v) is 6.60. The van der Waals surface area contributed by atoms with Crippen LogP contribution in [0.2, 0.25) is 0 Å². The zero-order valence-electron chi connectivity index (χ0n) is 12.5. The highest BCUT2D eigenvalue weighted by Crippen LogP contribution is 2.33. The number of nitro benzene ring substituents is 1. The first kappa shape index (κ1) is 16.7. The third kappa shape index (κ3) is 3.58. The van der Waals surface area contributed by atoms with Gasteiger partial charge in [0.15, 0.2) is 11.5 Å². The van der Waals surface area contributed by atoms with Gasteiger partial charge >= 0.3 is 5.97 Å². The van der Waals surface area contributed by atoms with E-state index in [4.69, 9.17) is 9.84 Å². The van der Waals surface area contributed by atoms with E-state index in [9.17, 15) is 20.0 Å². The van der Waals surface area contributed by atoms with Gasteiger partial charge in [-0.2, -0.15) is 5.10 Å². The third-order valence-electron chi connectivity index (χ3n) is 3.07. The number of nitrogens with one attached hydrogen (secondary N) is 1. The van der Waals surface area contributed by atoms with Crippen molar-refractivity contribution in [2.75, 3.05) is 12.5 Å². The van der Waals surface area contributed by atoms with E-state index in [2.05, 4.69) is 10.5 Å². The largest absolute Gasteiger partial charge is 0.504 e. The molecule has 0 amide bonds. The van der Waals surface area contributed by atoms with E-state index in [1.165, 1.54) is 19.2 Å². The molecule has 0 heterocycles. The average Bonchev–Trinajstić information content (AvgIpc) is 2.56. The summed E-state index contributed by atoms with van der Waals surface area (Å²) < 4.78 is 4.88. The Balaban J connectivity index is 2.31. The van der Waals surface area contributed by atoms with Crippen molar-refractivity contribution in [2.24, 2.45) is 5.10 Å². The lowest BCUT2D eigenvalue weighted by molar-refractivity contribution is -0.385. The molecule has 0 saturated heterocycles. The van der Waals surface area contributed by atoms with Crippen LogP contribution in [0.4, 0.5) is 11.4 Å². The molecule has 0 saturated carbocycles. The van der Waals surface area contributed by atoms with Crippen molar-refractivity contribution in [3.8, 4) is 11.5 Å². The number of ether oxygens (including phenoxy) is 1. The van der Waals surface area contributed by atoms with Gasteiger partial charge in [-0.15, -0.1) is 0 Å². The molecule has 0 aliphatic rings. The molecule has 0 atom stereocenters. The van der Waals surface area contributed by atoms with Crippen molar-refractivity contribution in [1.82, 2.24) is 0 Å². The Labute approximate surface area is 136 Å². The average molecular weight is 331 g/mol. The second-order valence-electron chi connectivity index (χ2n) is 4.56. The van der Waals surface area contributed by atoms with Crippen LogP contribution >= 0.6 is 0 Å². The van der Waals surface area contributed by atoms with Crippen LogP contribution < -0.4 is 10.2 Å². The molecule has 24 heavy (non-hydrogen) atoms. The molecule has 0 aromatic heterocycles. The fourth-order valence-electron chi connectivity index (χ4n) is 1.91. The Morgan fingerprint density at radius 1 is 1.38 bits per heavy atom. The lowest BCUT2D eigenvalue weighted by Gasteiger charge is -2.07. The molecule has 9 nitrogen and oxygen atoms in total. The first-order chi connectivity index (χ1) is 11.4. The molecule has 0 aliphatic heterocycles. The van der Waals surface area contributed by atoms with Gasteiger partial charge in [0.05, 0.1) is 35.6 Å². The van der Waals surface area contributed by atoms with E-state index in [1.807, 2.05) is 0 Å². The number of hydrogen-bond donors (Lipinski definition) is 3. The number of nitro groups is 1. The molecule has 0 bridgehead atoms. The Kier molecular flexibility index (Phi) is 4.95. The van der Waals surface area contributed by atoms with Gasteiger partial charge in [-0.05, 0) is 12.1 Å². The summed E-state index contributed by atoms with van der Waals surface area (Å²) in [5, 5.41) is 33.7. The molecular formula is C15H13N3O6. The summed E-state index contributed by atoms with van der Waals surface area (Å²) in [5.41, 5.74) is 2.53. The summed E-state index contributed by atoms with van der Waals surface area (Å²) in [6.07, 6.45) is 1.13. The van der Waals surface area contributed by atoms with Gasteiger partial charge in [0, 0.05) is 11.6 Å². The van der Waals surface area contributed by atoms with Crippen LogP contribution in [0, 0.1) is 10.1 Å². The summed E-state index contributed by atoms with van der Waals surface area (Å²) >= 11 is 0. The van der Waals surface area contributed by atoms with Gasteiger partial charge in [-0.25, -0.2) is 4.79 Å². The molecular weight excluding hydrogens is 318 g/mol. The number of non-ortho nitro benzene ring substituents is 1. The monoisotopic (exact) mass is 331 g/mol. The van der Waals surface area contributed by atoms with E-state index >= 15 is 0 Å². The number of aromatic hydroxyl groups is 1. The van der Waals surface area contributed by atoms with Crippen molar-refractivity contribution in [1.29, 1.82) is 0 Å². The second kappa shape index (κ2) is 7.09. The number of phenolic OH excluding ortho intramolecular Hbond substituents is 1. The lowest BCUT2D eigenvalue weighted by Crippen LogP contribution is -2.02. The number of nitrogens with zero attached hydrogens (tertiary/aromatic N) is 2. The van der Waals surface area contributed by atoms with E-state index < -0.39 is 10.9 Å². The minimum atomic E-state index is -1.13. The summed E-state index contributed by atoms with van der Waals surface area (Å²) in [5.74, 6) is -1.52. The Morgan fingerprint density at radius 3 is 2.71 bits per heavy atom. The maximum absolute atomic E-state index is 11.1. The van der Waals surface area contributed by atoms with Gasteiger partial charge in [0.25, 0.3) is 5.69 Å². The van der Waals surface area contributed by atoms with Crippen LogP contribution in [-0.2, 0) is 0 Å². The fraction of sp³-hybridized carbons (Fsp3) is 0.0667. The van der Waals surface area contributed by atoms with Crippen LogP contribution in [0.25, 0.3) is 0 Å². The van der Waals surface area contributed by atoms with E-state index in [0.717, 1.165) is 18.3 Å². The molecule has 0 aliphatic carbocycles. The minimum absolute atomic E-state index is 0.00972. The van der Waals surface area contributed by atoms with Gasteiger partial charge in [-0.1, -0.05) is 12.1 Å². The smallest absolute Gasteiger partial charge is 0.337 e. The molecule has 0 unspecified atom stereocenters. The molecule has 9 heteroatoms. The number of anilines is 1. The number of hydrazone groups is 1. The Bertz CT molecular complexity index is 819. The molecule has 0 radical (unpaired) electrons. The van der Waals surface area contributed by atoms with Crippen LogP contribution in [0.15, 0.2) is 41.5 Å². The van der Waals surface area contributed by atoms with Gasteiger partial charge < -0.3 is 14.9 Å². The fourth-order valence-corrected chi connectivity index (χ4v) is 1.91. The van der Waals surface area contributed by atoms with Crippen molar-refractivity contribution in [3.05, 3.63) is 57.6 Å². The summed E-state index contributed by atoms with van der Waals surface area (Å²) in [6, 6.07) is 8.29. The number of rotatable bonds is 6. The van der Waals surface area contributed by atoms with Crippen molar-refractivity contribution in [2.45, 2.75) is 0 Å². The van der Waals surface area contributed by atoms with Crippen molar-refractivity contribution < 1.29 is 24.7 Å². The molecule has 2 aromatic carbocycles. The number of carboxylic acid groups (broad SMARTS) is 1. The highest BCUT2D eigenvalue weighted by Gasteiger charge is 2.16. The van der Waals surface area contributed by atoms with Gasteiger partial charge in [0.2, 0.25) is 0 Å². The van der Waals surface area contributed by atoms with Crippen LogP contribution in [0.3, 0.4) is 0 Å². The topological polar surface area (TPSA) is 134 Å². The maximum Gasteiger partial charge on any atom is 0.337 e. The first-order valence-electron chi connectivity index (χ1n) is 6.60. The zero-order chi connectivity index (χ0) is 17.7. The van der Waals surface area contributed by atoms with Crippen molar-refractivity contribution in [3.63, 3.8) is 0 Å². The highest BCUT2D eigenvalue weighted by atomic mass is 16.6. The summed E-state index contributed by atoms with van der Waals surface area (Å²) in [6.45, 7) is 0. The zero-order valence-corrected chi connectivity index (χ0v) is 12.5. The van der Waals surface area contributed by atoms with Gasteiger partial charge in [-0.3, -0.25) is 15.5 Å². The van der Waals surface area contributed by atoms with E-state index in [0.29, 0.717) is 0 Å². The SMILES string of the molecule is COc1cc([N+](=O)[O-])cc(C=NNc2ccccc2C(=O)O)c1O. The van der Waals surface area contributed by atoms with Crippen LogP contribution in [-0.4, -0.2) is 34.4 Å². The number of carbonyl (C=O) groups is 1. The standard InChI is InChI=1S/C15H13N3O6/c1-24-13-7-10(18(22)23)6-9(14(13)19)8-16-17-12-5-3-2-4-11(12)15(20)21/h2-8,17,19H,1H3,(H,20,21). The predicted octanol–water partition coefficient (Wildman–Crippen LogP) is 2.45. The number of para-hydroxylation sites is 1. The summed E-state index contributed by atoms with van der Waals surface area (Å²) in [4.78, 5) is 21.3. The molecule has 124 valence electrons. The molecule has 0 spiro atoms. The van der Waals surface area contributed by atoms with Crippen LogP contribution in [0.5, 0.6) is 11.5 Å². The maximum atomic E-state index is 11.1. The van der Waals surface area contributed by atoms with Crippen molar-refractivity contribution >= 4 is 23.6 Å². The molecule has 0 fully saturated rings. The number of benzene rings is 2. The number of hydrogen-bond acceptors (Lipinski definition) is 7. The Morgan fingerprint density at radius 2 is 2.08 bits per heavy atom. The lowest BCUT2D eigenvalue weighted by atomic mass is 10.1. The third-order valence-corrected chi connectivity index (χ3v) is 3.07. The number of methoxy groups -OCH3 is 1. The van der Waals surface area contributed by atoms with E-state index in [1.54, 1.807) is 12.1 Å². The molecule has 2 rings (SSSR count). The van der Waals surface area contributed by atoms with Crippen LogP contribution in [0.1, 0.15) is 15.9 Å². The molecule has 3 N–H and O–H groups in total. The number of phenols is 1. The predicted molar refractivity (Wildman–Crippen MR) is 85.9 cm³/mol. The quantitative estimate of drug-likeness (QED) is 0.420.